The first kappa shape index (κ1) is 10.7. The van der Waals surface area contributed by atoms with Crippen LogP contribution in [-0.2, 0) is 4.74 Å². The molecule has 2 aromatic rings. The van der Waals surface area contributed by atoms with Gasteiger partial charge in [-0.25, -0.2) is 0 Å². The SMILES string of the molecule is CN(C1CCCCO1)n1ccc2ccccc21. The molecule has 1 unspecified atom stereocenters. The van der Waals surface area contributed by atoms with Crippen molar-refractivity contribution in [3.05, 3.63) is 36.5 Å². The highest BCUT2D eigenvalue weighted by molar-refractivity contribution is 5.80. The summed E-state index contributed by atoms with van der Waals surface area (Å²) in [4.78, 5) is 0. The minimum absolute atomic E-state index is 0.208. The van der Waals surface area contributed by atoms with Gasteiger partial charge >= 0.3 is 0 Å². The summed E-state index contributed by atoms with van der Waals surface area (Å²) in [6.07, 6.45) is 5.89. The van der Waals surface area contributed by atoms with Gasteiger partial charge in [-0.2, -0.15) is 0 Å². The zero-order valence-corrected chi connectivity index (χ0v) is 10.2. The third-order valence-electron chi connectivity index (χ3n) is 3.49. The van der Waals surface area contributed by atoms with Gasteiger partial charge in [0, 0.05) is 25.2 Å². The van der Waals surface area contributed by atoms with Crippen molar-refractivity contribution in [2.24, 2.45) is 0 Å². The summed E-state index contributed by atoms with van der Waals surface area (Å²) in [5.41, 5.74) is 1.24. The predicted molar refractivity (Wildman–Crippen MR) is 69.7 cm³/mol. The fourth-order valence-electron chi connectivity index (χ4n) is 2.50. The number of para-hydroxylation sites is 1. The Labute approximate surface area is 102 Å². The van der Waals surface area contributed by atoms with Crippen molar-refractivity contribution in [2.75, 3.05) is 18.7 Å². The van der Waals surface area contributed by atoms with Crippen LogP contribution in [-0.4, -0.2) is 24.6 Å². The molecule has 0 spiro atoms. The molecule has 0 aliphatic carbocycles. The fraction of sp³-hybridized carbons (Fsp3) is 0.429. The second-order valence-electron chi connectivity index (χ2n) is 4.61. The van der Waals surface area contributed by atoms with E-state index in [4.69, 9.17) is 4.74 Å². The van der Waals surface area contributed by atoms with E-state index in [2.05, 4.69) is 53.3 Å². The van der Waals surface area contributed by atoms with Gasteiger partial charge in [0.05, 0.1) is 5.52 Å². The van der Waals surface area contributed by atoms with Crippen molar-refractivity contribution in [2.45, 2.75) is 25.5 Å². The van der Waals surface area contributed by atoms with Crippen LogP contribution in [0.5, 0.6) is 0 Å². The summed E-state index contributed by atoms with van der Waals surface area (Å²) >= 11 is 0. The minimum atomic E-state index is 0.208. The van der Waals surface area contributed by atoms with E-state index in [9.17, 15) is 0 Å². The average Bonchev–Trinajstić information content (AvgIpc) is 2.83. The lowest BCUT2D eigenvalue weighted by atomic mass is 10.2. The van der Waals surface area contributed by atoms with Crippen molar-refractivity contribution < 1.29 is 4.74 Å². The van der Waals surface area contributed by atoms with Crippen LogP contribution >= 0.6 is 0 Å². The third-order valence-corrected chi connectivity index (χ3v) is 3.49. The molecule has 1 aliphatic heterocycles. The molecule has 0 saturated carbocycles. The zero-order chi connectivity index (χ0) is 11.7. The van der Waals surface area contributed by atoms with Gasteiger partial charge in [-0.05, 0) is 31.4 Å². The van der Waals surface area contributed by atoms with Crippen molar-refractivity contribution in [1.29, 1.82) is 0 Å². The van der Waals surface area contributed by atoms with Crippen LogP contribution in [0.4, 0.5) is 0 Å². The van der Waals surface area contributed by atoms with Crippen LogP contribution in [0.3, 0.4) is 0 Å². The van der Waals surface area contributed by atoms with Crippen LogP contribution in [0.1, 0.15) is 19.3 Å². The van der Waals surface area contributed by atoms with Crippen LogP contribution in [0, 0.1) is 0 Å². The first-order valence-electron chi connectivity index (χ1n) is 6.27. The molecule has 1 saturated heterocycles. The maximum atomic E-state index is 5.82. The van der Waals surface area contributed by atoms with E-state index in [0.29, 0.717) is 0 Å². The molecule has 1 atom stereocenters. The predicted octanol–water partition coefficient (Wildman–Crippen LogP) is 2.74. The first-order valence-corrected chi connectivity index (χ1v) is 6.27. The molecule has 90 valence electrons. The van der Waals surface area contributed by atoms with Crippen molar-refractivity contribution >= 4 is 10.9 Å². The fourth-order valence-corrected chi connectivity index (χ4v) is 2.50. The highest BCUT2D eigenvalue weighted by atomic mass is 16.5. The van der Waals surface area contributed by atoms with Gasteiger partial charge in [0.15, 0.2) is 0 Å². The zero-order valence-electron chi connectivity index (χ0n) is 10.2. The Morgan fingerprint density at radius 2 is 2.12 bits per heavy atom. The molecule has 0 N–H and O–H groups in total. The number of fused-ring (bicyclic) bond motifs is 1. The average molecular weight is 230 g/mol. The Balaban J connectivity index is 1.92. The Morgan fingerprint density at radius 1 is 1.24 bits per heavy atom. The smallest absolute Gasteiger partial charge is 0.143 e. The molecule has 3 heteroatoms. The lowest BCUT2D eigenvalue weighted by molar-refractivity contribution is 0.00501. The van der Waals surface area contributed by atoms with Gasteiger partial charge in [-0.3, -0.25) is 9.69 Å². The summed E-state index contributed by atoms with van der Waals surface area (Å²) in [5, 5.41) is 3.47. The molecule has 1 aromatic heterocycles. The van der Waals surface area contributed by atoms with Gasteiger partial charge in [-0.1, -0.05) is 18.2 Å². The van der Waals surface area contributed by atoms with Gasteiger partial charge in [0.2, 0.25) is 0 Å². The Morgan fingerprint density at radius 3 is 2.94 bits per heavy atom. The van der Waals surface area contributed by atoms with Gasteiger partial charge in [-0.15, -0.1) is 0 Å². The molecule has 2 heterocycles. The number of hydrogen-bond donors (Lipinski definition) is 0. The molecule has 1 fully saturated rings. The van der Waals surface area contributed by atoms with Crippen LogP contribution in [0.2, 0.25) is 0 Å². The molecule has 17 heavy (non-hydrogen) atoms. The molecule has 0 bridgehead atoms. The second-order valence-corrected chi connectivity index (χ2v) is 4.61. The Hall–Kier alpha value is -1.48. The second kappa shape index (κ2) is 4.41. The molecular weight excluding hydrogens is 212 g/mol. The molecule has 0 amide bonds. The molecule has 3 rings (SSSR count). The van der Waals surface area contributed by atoms with Crippen LogP contribution < -0.4 is 5.01 Å². The largest absolute Gasteiger partial charge is 0.357 e. The topological polar surface area (TPSA) is 17.4 Å². The van der Waals surface area contributed by atoms with E-state index in [1.54, 1.807) is 0 Å². The highest BCUT2D eigenvalue weighted by Gasteiger charge is 2.19. The molecule has 0 radical (unpaired) electrons. The van der Waals surface area contributed by atoms with E-state index in [-0.39, 0.29) is 6.23 Å². The summed E-state index contributed by atoms with van der Waals surface area (Å²) in [6.45, 7) is 0.883. The Kier molecular flexibility index (Phi) is 2.77. The standard InChI is InChI=1S/C14H18N2O/c1-15(14-8-4-5-11-17-14)16-10-9-12-6-2-3-7-13(12)16/h2-3,6-7,9-10,14H,4-5,8,11H2,1H3. The summed E-state index contributed by atoms with van der Waals surface area (Å²) in [7, 11) is 2.10. The number of rotatable bonds is 2. The van der Waals surface area contributed by atoms with Crippen molar-refractivity contribution in [3.63, 3.8) is 0 Å². The number of benzene rings is 1. The van der Waals surface area contributed by atoms with E-state index >= 15 is 0 Å². The third kappa shape index (κ3) is 1.91. The lowest BCUT2D eigenvalue weighted by Crippen LogP contribution is -2.43. The van der Waals surface area contributed by atoms with Crippen molar-refractivity contribution in [1.82, 2.24) is 4.68 Å². The van der Waals surface area contributed by atoms with Crippen molar-refractivity contribution in [3.8, 4) is 0 Å². The molecular formula is C14H18N2O. The number of hydrogen-bond acceptors (Lipinski definition) is 2. The first-order chi connectivity index (χ1) is 8.36. The van der Waals surface area contributed by atoms with E-state index in [0.717, 1.165) is 13.0 Å². The normalized spacial score (nSPS) is 20.6. The van der Waals surface area contributed by atoms with E-state index < -0.39 is 0 Å². The van der Waals surface area contributed by atoms with E-state index in [1.165, 1.54) is 23.7 Å². The van der Waals surface area contributed by atoms with Gasteiger partial charge in [0.1, 0.15) is 6.23 Å². The highest BCUT2D eigenvalue weighted by Crippen LogP contribution is 2.19. The summed E-state index contributed by atoms with van der Waals surface area (Å²) in [6, 6.07) is 10.6. The van der Waals surface area contributed by atoms with Crippen LogP contribution in [0.25, 0.3) is 10.9 Å². The number of nitrogens with zero attached hydrogens (tertiary/aromatic N) is 2. The lowest BCUT2D eigenvalue weighted by Gasteiger charge is -2.33. The van der Waals surface area contributed by atoms with E-state index in [1.807, 2.05) is 0 Å². The van der Waals surface area contributed by atoms with Gasteiger partial charge < -0.3 is 4.74 Å². The molecule has 3 nitrogen and oxygen atoms in total. The maximum Gasteiger partial charge on any atom is 0.143 e. The minimum Gasteiger partial charge on any atom is -0.357 e. The summed E-state index contributed by atoms with van der Waals surface area (Å²) in [5.74, 6) is 0. The number of aromatic nitrogens is 1. The summed E-state index contributed by atoms with van der Waals surface area (Å²) < 4.78 is 8.00. The number of ether oxygens (including phenoxy) is 1. The monoisotopic (exact) mass is 230 g/mol. The quantitative estimate of drug-likeness (QED) is 0.789. The van der Waals surface area contributed by atoms with Gasteiger partial charge in [0.25, 0.3) is 0 Å². The molecule has 1 aromatic carbocycles. The Bertz CT molecular complexity index is 500. The van der Waals surface area contributed by atoms with Crippen LogP contribution in [0.15, 0.2) is 36.5 Å². The maximum absolute atomic E-state index is 5.82. The molecule has 1 aliphatic rings.